The van der Waals surface area contributed by atoms with Crippen LogP contribution in [0.4, 0.5) is 0 Å². The second kappa shape index (κ2) is 20.0. The molecule has 0 saturated carbocycles. The predicted molar refractivity (Wildman–Crippen MR) is 284 cm³/mol. The van der Waals surface area contributed by atoms with E-state index in [1.807, 2.05) is 58.3 Å². The third kappa shape index (κ3) is 9.14. The maximum absolute atomic E-state index is 5.13. The van der Waals surface area contributed by atoms with Gasteiger partial charge in [-0.25, -0.2) is 0 Å². The van der Waals surface area contributed by atoms with Gasteiger partial charge in [0.2, 0.25) is 0 Å². The van der Waals surface area contributed by atoms with Crippen LogP contribution in [0.15, 0.2) is 255 Å². The van der Waals surface area contributed by atoms with Crippen LogP contribution in [0.5, 0.6) is 0 Å². The molecule has 0 atom stereocenters. The SMILES string of the molecule is [Ir+3].[c-]1ccccc1-c1cc(-c2ccc(-c3ccccc3)cc2)c(-c2ccccc2-c2cc(-c3ccccc3-c3c[c-]c(-n4cccn4)cc3)cc(-c3ccccc3-c3c[c-]c(-n4cccn4)cc3)c2)cn1. The van der Waals surface area contributed by atoms with Gasteiger partial charge in [0.25, 0.3) is 0 Å². The predicted octanol–water partition coefficient (Wildman–Crippen LogP) is 15.9. The fraction of sp³-hybridized carbons (Fsp3) is 0. The zero-order valence-corrected chi connectivity index (χ0v) is 40.7. The van der Waals surface area contributed by atoms with Crippen LogP contribution in [-0.4, -0.2) is 24.5 Å². The van der Waals surface area contributed by atoms with Crippen molar-refractivity contribution < 1.29 is 20.1 Å². The van der Waals surface area contributed by atoms with E-state index in [1.165, 1.54) is 11.1 Å². The molecule has 5 nitrogen and oxygen atoms in total. The van der Waals surface area contributed by atoms with Crippen LogP contribution >= 0.6 is 0 Å². The zero-order chi connectivity index (χ0) is 46.6. The maximum Gasteiger partial charge on any atom is 3.00 e. The Kier molecular flexibility index (Phi) is 12.6. The summed E-state index contributed by atoms with van der Waals surface area (Å²) in [5, 5.41) is 8.87. The molecule has 0 N–H and O–H groups in total. The van der Waals surface area contributed by atoms with E-state index in [4.69, 9.17) is 4.98 Å². The summed E-state index contributed by atoms with van der Waals surface area (Å²) in [6, 6.07) is 89.5. The second-order valence-electron chi connectivity index (χ2n) is 17.1. The van der Waals surface area contributed by atoms with E-state index in [0.29, 0.717) is 0 Å². The van der Waals surface area contributed by atoms with Crippen LogP contribution < -0.4 is 0 Å². The van der Waals surface area contributed by atoms with Gasteiger partial charge in [-0.05, 0) is 109 Å². The monoisotopic (exact) mass is 1090 g/mol. The smallest absolute Gasteiger partial charge is 0.304 e. The normalized spacial score (nSPS) is 11.0. The van der Waals surface area contributed by atoms with Gasteiger partial charge in [-0.2, -0.15) is 46.6 Å². The molecule has 0 saturated heterocycles. The molecule has 3 heterocycles. The number of pyridine rings is 1. The summed E-state index contributed by atoms with van der Waals surface area (Å²) >= 11 is 0. The molecule has 0 spiro atoms. The van der Waals surface area contributed by atoms with E-state index in [9.17, 15) is 0 Å². The van der Waals surface area contributed by atoms with E-state index in [-0.39, 0.29) is 20.1 Å². The summed E-state index contributed by atoms with van der Waals surface area (Å²) < 4.78 is 3.66. The van der Waals surface area contributed by atoms with Gasteiger partial charge in [-0.3, -0.25) is 9.36 Å². The quantitative estimate of drug-likeness (QED) is 0.121. The molecule has 3 aromatic heterocycles. The van der Waals surface area contributed by atoms with Crippen LogP contribution in [0.3, 0.4) is 0 Å². The van der Waals surface area contributed by atoms with E-state index in [2.05, 4.69) is 223 Å². The summed E-state index contributed by atoms with van der Waals surface area (Å²) in [5.41, 5.74) is 21.2. The largest absolute Gasteiger partial charge is 3.00 e. The molecule has 0 amide bonds. The number of hydrogen-bond acceptors (Lipinski definition) is 3. The van der Waals surface area contributed by atoms with Crippen molar-refractivity contribution in [1.29, 1.82) is 0 Å². The first-order chi connectivity index (χ1) is 34.7. The van der Waals surface area contributed by atoms with Crippen LogP contribution in [0.25, 0.3) is 112 Å². The molecule has 71 heavy (non-hydrogen) atoms. The summed E-state index contributed by atoms with van der Waals surface area (Å²) in [5.74, 6) is 0. The molecule has 0 bridgehead atoms. The van der Waals surface area contributed by atoms with Crippen LogP contribution in [0.2, 0.25) is 0 Å². The Morgan fingerprint density at radius 2 is 0.775 bits per heavy atom. The third-order valence-corrected chi connectivity index (χ3v) is 12.8. The van der Waals surface area contributed by atoms with Gasteiger partial charge in [0.15, 0.2) is 0 Å². The minimum Gasteiger partial charge on any atom is -0.304 e. The maximum atomic E-state index is 5.13. The van der Waals surface area contributed by atoms with Crippen molar-refractivity contribution in [3.05, 3.63) is 274 Å². The first kappa shape index (κ1) is 44.7. The van der Waals surface area contributed by atoms with E-state index < -0.39 is 0 Å². The third-order valence-electron chi connectivity index (χ3n) is 12.8. The number of hydrogen-bond donors (Lipinski definition) is 0. The van der Waals surface area contributed by atoms with Gasteiger partial charge in [0.05, 0.1) is 0 Å². The first-order valence-electron chi connectivity index (χ1n) is 23.3. The summed E-state index contributed by atoms with van der Waals surface area (Å²) in [6.07, 6.45) is 9.48. The minimum absolute atomic E-state index is 0. The number of rotatable bonds is 11. The molecule has 0 aliphatic rings. The van der Waals surface area contributed by atoms with Crippen molar-refractivity contribution in [3.8, 4) is 112 Å². The molecule has 0 aliphatic carbocycles. The molecular formula is C65H42IrN5. The van der Waals surface area contributed by atoms with Crippen LogP contribution in [-0.2, 0) is 20.1 Å². The molecule has 0 unspecified atom stereocenters. The Labute approximate surface area is 427 Å². The van der Waals surface area contributed by atoms with Crippen LogP contribution in [0.1, 0.15) is 0 Å². The summed E-state index contributed by atoms with van der Waals surface area (Å²) in [4.78, 5) is 5.13. The number of aromatic nitrogens is 5. The van der Waals surface area contributed by atoms with E-state index in [0.717, 1.165) is 101 Å². The Balaban J connectivity index is 0.00000547. The van der Waals surface area contributed by atoms with Crippen molar-refractivity contribution >= 4 is 0 Å². The average Bonchev–Trinajstić information content (AvgIpc) is 4.21. The summed E-state index contributed by atoms with van der Waals surface area (Å²) in [6.45, 7) is 0. The van der Waals surface area contributed by atoms with Crippen molar-refractivity contribution in [3.63, 3.8) is 0 Å². The molecule has 0 aliphatic heterocycles. The van der Waals surface area contributed by atoms with E-state index >= 15 is 0 Å². The second-order valence-corrected chi connectivity index (χ2v) is 17.1. The molecule has 0 radical (unpaired) electrons. The number of nitrogens with zero attached hydrogens (tertiary/aromatic N) is 5. The van der Waals surface area contributed by atoms with Gasteiger partial charge in [-0.15, -0.1) is 59.2 Å². The average molecular weight is 1090 g/mol. The van der Waals surface area contributed by atoms with Crippen LogP contribution in [0, 0.1) is 18.2 Å². The molecule has 336 valence electrons. The zero-order valence-electron chi connectivity index (χ0n) is 38.3. The van der Waals surface area contributed by atoms with E-state index in [1.54, 1.807) is 12.4 Å². The molecular weight excluding hydrogens is 1040 g/mol. The fourth-order valence-corrected chi connectivity index (χ4v) is 9.39. The van der Waals surface area contributed by atoms with Gasteiger partial charge in [0, 0.05) is 36.5 Å². The van der Waals surface area contributed by atoms with Gasteiger partial charge < -0.3 is 4.98 Å². The Hall–Kier alpha value is -8.80. The molecule has 12 aromatic rings. The first-order valence-corrected chi connectivity index (χ1v) is 23.3. The number of benzene rings is 9. The molecule has 0 fully saturated rings. The molecule has 6 heteroatoms. The Morgan fingerprint density at radius 3 is 1.25 bits per heavy atom. The van der Waals surface area contributed by atoms with Gasteiger partial charge >= 0.3 is 20.1 Å². The Morgan fingerprint density at radius 1 is 0.324 bits per heavy atom. The molecule has 9 aromatic carbocycles. The van der Waals surface area contributed by atoms with Crippen molar-refractivity contribution in [1.82, 2.24) is 24.5 Å². The van der Waals surface area contributed by atoms with Gasteiger partial charge in [-0.1, -0.05) is 145 Å². The summed E-state index contributed by atoms with van der Waals surface area (Å²) in [7, 11) is 0. The van der Waals surface area contributed by atoms with Crippen molar-refractivity contribution in [2.24, 2.45) is 0 Å². The minimum atomic E-state index is 0. The fourth-order valence-electron chi connectivity index (χ4n) is 9.39. The Bertz CT molecular complexity index is 3580. The van der Waals surface area contributed by atoms with Crippen molar-refractivity contribution in [2.75, 3.05) is 0 Å². The molecule has 12 rings (SSSR count). The van der Waals surface area contributed by atoms with Crippen molar-refractivity contribution in [2.45, 2.75) is 0 Å². The van der Waals surface area contributed by atoms with Gasteiger partial charge in [0.1, 0.15) is 0 Å². The standard InChI is InChI=1S/C65H42N5.Ir/c1-3-15-46(16-4-1)47-25-27-50(28-26-47)63-44-65(51-17-5-2-6-18-51)66-45-64(63)62-24-12-11-23-61(62)54-42-52(59-21-9-7-19-57(59)48-29-33-55(34-30-48)69-39-13-37-67-69)41-53(43-54)60-22-10-8-20-58(60)49-31-35-56(36-32-49)70-40-14-38-68-70;/h1-17,19-33,35,37-45H;/q-3;+3. The topological polar surface area (TPSA) is 48.5 Å².